The molecule has 0 radical (unpaired) electrons. The number of rotatable bonds is 3. The Bertz CT molecular complexity index is 1090. The lowest BCUT2D eigenvalue weighted by atomic mass is 9.82. The summed E-state index contributed by atoms with van der Waals surface area (Å²) in [7, 11) is 0. The Balaban J connectivity index is 2.12. The van der Waals surface area contributed by atoms with E-state index >= 15 is 0 Å². The number of hydrogen-bond donors (Lipinski definition) is 0. The maximum Gasteiger partial charge on any atom is 0.232 e. The smallest absolute Gasteiger partial charge is 0.232 e. The van der Waals surface area contributed by atoms with Crippen LogP contribution in [0.25, 0.3) is 22.3 Å². The molecule has 2 aromatic carbocycles. The molecule has 0 saturated heterocycles. The van der Waals surface area contributed by atoms with E-state index in [1.165, 1.54) is 5.56 Å². The number of halogens is 2. The second kappa shape index (κ2) is 7.23. The van der Waals surface area contributed by atoms with Crippen LogP contribution < -0.4 is 4.74 Å². The van der Waals surface area contributed by atoms with E-state index in [0.717, 1.165) is 40.8 Å². The van der Waals surface area contributed by atoms with Gasteiger partial charge in [0.1, 0.15) is 11.6 Å². The summed E-state index contributed by atoms with van der Waals surface area (Å²) in [5, 5.41) is 11.0. The molecule has 1 heterocycles. The lowest BCUT2D eigenvalue weighted by Crippen LogP contribution is -2.11. The van der Waals surface area contributed by atoms with Gasteiger partial charge in [-0.15, -0.1) is 0 Å². The molecule has 0 atom stereocenters. The van der Waals surface area contributed by atoms with E-state index < -0.39 is 0 Å². The zero-order valence-electron chi connectivity index (χ0n) is 14.7. The second-order valence-electron chi connectivity index (χ2n) is 6.31. The van der Waals surface area contributed by atoms with Crippen LogP contribution >= 0.6 is 23.2 Å². The molecule has 0 spiro atoms. The summed E-state index contributed by atoms with van der Waals surface area (Å²) >= 11 is 12.6. The van der Waals surface area contributed by atoms with Crippen molar-refractivity contribution in [2.45, 2.75) is 19.8 Å². The van der Waals surface area contributed by atoms with E-state index in [1.807, 2.05) is 25.1 Å². The zero-order valence-corrected chi connectivity index (χ0v) is 16.2. The quantitative estimate of drug-likeness (QED) is 0.539. The topological polar surface area (TPSA) is 45.9 Å². The third kappa shape index (κ3) is 3.06. The molecule has 0 N–H and O–H groups in total. The van der Waals surface area contributed by atoms with Gasteiger partial charge in [-0.2, -0.15) is 5.26 Å². The van der Waals surface area contributed by atoms with E-state index in [9.17, 15) is 5.26 Å². The Hall–Kier alpha value is -2.54. The molecule has 1 aliphatic rings. The fourth-order valence-electron chi connectivity index (χ4n) is 3.62. The van der Waals surface area contributed by atoms with Crippen molar-refractivity contribution < 1.29 is 4.74 Å². The van der Waals surface area contributed by atoms with Crippen LogP contribution in [-0.2, 0) is 12.8 Å². The summed E-state index contributed by atoms with van der Waals surface area (Å²) in [4.78, 5) is 4.69. The third-order valence-electron chi connectivity index (χ3n) is 4.75. The van der Waals surface area contributed by atoms with E-state index in [4.69, 9.17) is 32.9 Å². The standard InChI is InChI=1S/C22H16Cl2N2O/c1-2-27-22-17(12-25)20(16-9-8-14(23)11-18(16)24)21-15-6-4-3-5-13(15)7-10-19(21)26-22/h3-6,8-9,11H,2,7,10H2,1H3. The molecule has 4 rings (SSSR count). The first kappa shape index (κ1) is 17.9. The van der Waals surface area contributed by atoms with Crippen molar-refractivity contribution in [1.82, 2.24) is 4.98 Å². The van der Waals surface area contributed by atoms with E-state index in [0.29, 0.717) is 28.1 Å². The van der Waals surface area contributed by atoms with Crippen molar-refractivity contribution >= 4 is 23.2 Å². The summed E-state index contributed by atoms with van der Waals surface area (Å²) in [6, 6.07) is 15.9. The van der Waals surface area contributed by atoms with Crippen molar-refractivity contribution in [3.63, 3.8) is 0 Å². The minimum absolute atomic E-state index is 0.360. The predicted molar refractivity (Wildman–Crippen MR) is 108 cm³/mol. The highest BCUT2D eigenvalue weighted by Crippen LogP contribution is 2.46. The molecule has 0 fully saturated rings. The maximum atomic E-state index is 9.94. The van der Waals surface area contributed by atoms with Crippen LogP contribution in [0.2, 0.25) is 10.0 Å². The van der Waals surface area contributed by atoms with Gasteiger partial charge in [0.25, 0.3) is 0 Å². The van der Waals surface area contributed by atoms with Crippen molar-refractivity contribution in [2.75, 3.05) is 6.61 Å². The molecule has 27 heavy (non-hydrogen) atoms. The molecule has 1 aromatic heterocycles. The van der Waals surface area contributed by atoms with Crippen LogP contribution in [-0.4, -0.2) is 11.6 Å². The maximum absolute atomic E-state index is 9.94. The van der Waals surface area contributed by atoms with E-state index in [-0.39, 0.29) is 0 Å². The zero-order chi connectivity index (χ0) is 19.0. The predicted octanol–water partition coefficient (Wildman–Crippen LogP) is 6.09. The molecule has 5 heteroatoms. The number of aryl methyl sites for hydroxylation is 2. The monoisotopic (exact) mass is 394 g/mol. The third-order valence-corrected chi connectivity index (χ3v) is 5.30. The van der Waals surface area contributed by atoms with Crippen molar-refractivity contribution in [3.8, 4) is 34.2 Å². The van der Waals surface area contributed by atoms with Gasteiger partial charge in [-0.25, -0.2) is 4.98 Å². The Kier molecular flexibility index (Phi) is 4.78. The number of nitriles is 1. The Morgan fingerprint density at radius 2 is 1.89 bits per heavy atom. The normalized spacial score (nSPS) is 12.1. The van der Waals surface area contributed by atoms with Crippen LogP contribution in [0.4, 0.5) is 0 Å². The van der Waals surface area contributed by atoms with Crippen molar-refractivity contribution in [1.29, 1.82) is 5.26 Å². The van der Waals surface area contributed by atoms with Crippen LogP contribution in [0, 0.1) is 11.3 Å². The first-order chi connectivity index (χ1) is 13.1. The fraction of sp³-hybridized carbons (Fsp3) is 0.182. The van der Waals surface area contributed by atoms with Gasteiger partial charge in [0, 0.05) is 26.7 Å². The van der Waals surface area contributed by atoms with Gasteiger partial charge in [0.05, 0.1) is 12.3 Å². The average Bonchev–Trinajstić information content (AvgIpc) is 2.67. The van der Waals surface area contributed by atoms with Gasteiger partial charge < -0.3 is 4.74 Å². The molecule has 3 nitrogen and oxygen atoms in total. The number of fused-ring (bicyclic) bond motifs is 3. The SMILES string of the molecule is CCOc1nc2c(c(-c3ccc(Cl)cc3Cl)c1C#N)-c1ccccc1CC2. The largest absolute Gasteiger partial charge is 0.477 e. The van der Waals surface area contributed by atoms with E-state index in [2.05, 4.69) is 18.2 Å². The Labute approximate surface area is 168 Å². The Morgan fingerprint density at radius 1 is 1.07 bits per heavy atom. The number of ether oxygens (including phenoxy) is 1. The fourth-order valence-corrected chi connectivity index (χ4v) is 4.13. The molecule has 0 bridgehead atoms. The summed E-state index contributed by atoms with van der Waals surface area (Å²) in [6.07, 6.45) is 1.69. The van der Waals surface area contributed by atoms with Crippen LogP contribution in [0.1, 0.15) is 23.7 Å². The first-order valence-corrected chi connectivity index (χ1v) is 9.53. The molecule has 3 aromatic rings. The second-order valence-corrected chi connectivity index (χ2v) is 7.16. The molecular weight excluding hydrogens is 379 g/mol. The highest BCUT2D eigenvalue weighted by atomic mass is 35.5. The molecular formula is C22H16Cl2N2O. The van der Waals surface area contributed by atoms with Gasteiger partial charge in [0.15, 0.2) is 0 Å². The number of nitrogens with zero attached hydrogens (tertiary/aromatic N) is 2. The highest BCUT2D eigenvalue weighted by molar-refractivity contribution is 6.36. The Morgan fingerprint density at radius 3 is 2.63 bits per heavy atom. The van der Waals surface area contributed by atoms with Crippen molar-refractivity contribution in [3.05, 3.63) is 69.3 Å². The van der Waals surface area contributed by atoms with Crippen molar-refractivity contribution in [2.24, 2.45) is 0 Å². The highest BCUT2D eigenvalue weighted by Gasteiger charge is 2.27. The average molecular weight is 395 g/mol. The van der Waals surface area contributed by atoms with Gasteiger partial charge in [-0.3, -0.25) is 0 Å². The van der Waals surface area contributed by atoms with Crippen LogP contribution in [0.3, 0.4) is 0 Å². The summed E-state index contributed by atoms with van der Waals surface area (Å²) < 4.78 is 5.70. The molecule has 134 valence electrons. The summed E-state index contributed by atoms with van der Waals surface area (Å²) in [6.45, 7) is 2.32. The summed E-state index contributed by atoms with van der Waals surface area (Å²) in [5.74, 6) is 0.360. The number of pyridine rings is 1. The molecule has 0 saturated carbocycles. The van der Waals surface area contributed by atoms with Gasteiger partial charge in [-0.1, -0.05) is 53.5 Å². The molecule has 0 aliphatic heterocycles. The van der Waals surface area contributed by atoms with Crippen LogP contribution in [0.15, 0.2) is 42.5 Å². The van der Waals surface area contributed by atoms with E-state index in [1.54, 1.807) is 12.1 Å². The lowest BCUT2D eigenvalue weighted by Gasteiger charge is -2.24. The number of benzene rings is 2. The molecule has 0 amide bonds. The number of hydrogen-bond acceptors (Lipinski definition) is 3. The summed E-state index contributed by atoms with van der Waals surface area (Å²) in [5.41, 5.74) is 6.14. The minimum Gasteiger partial charge on any atom is -0.477 e. The molecule has 1 aliphatic carbocycles. The lowest BCUT2D eigenvalue weighted by molar-refractivity contribution is 0.325. The molecule has 0 unspecified atom stereocenters. The number of aromatic nitrogens is 1. The van der Waals surface area contributed by atoms with Crippen LogP contribution in [0.5, 0.6) is 5.88 Å². The minimum atomic E-state index is 0.360. The van der Waals surface area contributed by atoms with Gasteiger partial charge in [0.2, 0.25) is 5.88 Å². The van der Waals surface area contributed by atoms with Gasteiger partial charge in [-0.05, 0) is 43.0 Å². The van der Waals surface area contributed by atoms with Gasteiger partial charge >= 0.3 is 0 Å². The first-order valence-electron chi connectivity index (χ1n) is 8.77.